The van der Waals surface area contributed by atoms with E-state index < -0.39 is 6.10 Å². The van der Waals surface area contributed by atoms with Crippen LogP contribution >= 0.6 is 0 Å². The van der Waals surface area contributed by atoms with Gasteiger partial charge in [-0.2, -0.15) is 0 Å². The van der Waals surface area contributed by atoms with Crippen molar-refractivity contribution in [3.63, 3.8) is 0 Å². The Labute approximate surface area is 159 Å². The van der Waals surface area contributed by atoms with Crippen LogP contribution in [-0.2, 0) is 21.4 Å². The van der Waals surface area contributed by atoms with Gasteiger partial charge in [-0.1, -0.05) is 6.07 Å². The summed E-state index contributed by atoms with van der Waals surface area (Å²) in [5.41, 5.74) is 2.42. The van der Waals surface area contributed by atoms with E-state index in [1.807, 2.05) is 6.07 Å². The molecule has 0 amide bonds. The minimum atomic E-state index is -0.457. The number of likely N-dealkylation sites (tertiary alicyclic amines) is 1. The molecule has 2 bridgehead atoms. The second-order valence-electron chi connectivity index (χ2n) is 8.35. The highest BCUT2D eigenvalue weighted by atomic mass is 16.6. The zero-order valence-corrected chi connectivity index (χ0v) is 15.9. The van der Waals surface area contributed by atoms with E-state index in [-0.39, 0.29) is 24.1 Å². The minimum absolute atomic E-state index is 0.124. The quantitative estimate of drug-likeness (QED) is 0.810. The summed E-state index contributed by atoms with van der Waals surface area (Å²) in [5, 5.41) is 10.8. The zero-order valence-electron chi connectivity index (χ0n) is 15.9. The normalized spacial score (nSPS) is 36.0. The minimum Gasteiger partial charge on any atom is -0.483 e. The van der Waals surface area contributed by atoms with Crippen molar-refractivity contribution in [1.82, 2.24) is 4.90 Å². The highest BCUT2D eigenvalue weighted by molar-refractivity contribution is 5.71. The number of benzene rings is 1. The van der Waals surface area contributed by atoms with E-state index in [1.54, 1.807) is 6.92 Å². The summed E-state index contributed by atoms with van der Waals surface area (Å²) in [6.45, 7) is 3.00. The lowest BCUT2D eigenvalue weighted by atomic mass is 9.51. The number of likely N-dealkylation sites (N-methyl/N-ethyl adjacent to an activating group) is 1. The molecule has 1 saturated heterocycles. The number of aliphatic hydroxyl groups excluding tert-OH is 1. The fourth-order valence-corrected chi connectivity index (χ4v) is 6.15. The molecule has 5 atom stereocenters. The van der Waals surface area contributed by atoms with Crippen LogP contribution in [0.5, 0.6) is 11.5 Å². The van der Waals surface area contributed by atoms with Crippen LogP contribution in [0.2, 0.25) is 0 Å². The van der Waals surface area contributed by atoms with E-state index >= 15 is 0 Å². The molecule has 0 aromatic heterocycles. The summed E-state index contributed by atoms with van der Waals surface area (Å²) in [4.78, 5) is 14.2. The third-order valence-corrected chi connectivity index (χ3v) is 7.20. The van der Waals surface area contributed by atoms with Crippen LogP contribution in [0, 0.1) is 5.92 Å². The molecule has 2 heterocycles. The Hall–Kier alpha value is -1.79. The zero-order chi connectivity index (χ0) is 18.8. The largest absolute Gasteiger partial charge is 0.483 e. The van der Waals surface area contributed by atoms with Gasteiger partial charge in [0.15, 0.2) is 18.1 Å². The van der Waals surface area contributed by atoms with Gasteiger partial charge < -0.3 is 24.2 Å². The van der Waals surface area contributed by atoms with Gasteiger partial charge in [-0.15, -0.1) is 0 Å². The van der Waals surface area contributed by atoms with E-state index in [1.165, 1.54) is 11.1 Å². The number of hydrogen-bond acceptors (Lipinski definition) is 6. The standard InChI is InChI=1S/C21H27NO5/c1-3-25-17(24)11-26-16-7-4-12-10-14-13-5-6-15(23)20-21(13,8-9-22(14)2)18(12)19(16)27-20/h4,7,13-15,20,23H,3,5-6,8-11H2,1-2H3/t13-,14+,15-,20-,21-/m0/s1. The predicted octanol–water partition coefficient (Wildman–Crippen LogP) is 1.66. The van der Waals surface area contributed by atoms with Crippen molar-refractivity contribution < 1.29 is 24.1 Å². The lowest BCUT2D eigenvalue weighted by Gasteiger charge is -2.58. The van der Waals surface area contributed by atoms with Crippen molar-refractivity contribution in [3.8, 4) is 11.5 Å². The molecule has 1 aromatic carbocycles. The number of aliphatic hydroxyl groups is 1. The van der Waals surface area contributed by atoms with Crippen molar-refractivity contribution >= 4 is 5.97 Å². The molecule has 2 aliphatic carbocycles. The molecule has 4 aliphatic rings. The molecule has 5 rings (SSSR count). The van der Waals surface area contributed by atoms with Crippen LogP contribution in [0.15, 0.2) is 12.1 Å². The number of carbonyl (C=O) groups is 1. The first-order valence-electron chi connectivity index (χ1n) is 10.1. The molecule has 2 aliphatic heterocycles. The van der Waals surface area contributed by atoms with Crippen LogP contribution in [-0.4, -0.2) is 61.0 Å². The highest BCUT2D eigenvalue weighted by Crippen LogP contribution is 2.63. The summed E-state index contributed by atoms with van der Waals surface area (Å²) in [7, 11) is 2.22. The lowest BCUT2D eigenvalue weighted by molar-refractivity contribution is -0.145. The molecule has 146 valence electrons. The average molecular weight is 373 g/mol. The molecule has 27 heavy (non-hydrogen) atoms. The summed E-state index contributed by atoms with van der Waals surface area (Å²) >= 11 is 0. The molecular formula is C21H27NO5. The van der Waals surface area contributed by atoms with Crippen molar-refractivity contribution in [2.75, 3.05) is 26.8 Å². The lowest BCUT2D eigenvalue weighted by Crippen LogP contribution is -2.66. The maximum Gasteiger partial charge on any atom is 0.344 e. The van der Waals surface area contributed by atoms with Gasteiger partial charge in [0.1, 0.15) is 6.10 Å². The van der Waals surface area contributed by atoms with E-state index in [9.17, 15) is 9.90 Å². The second kappa shape index (κ2) is 6.11. The maximum atomic E-state index is 11.7. The van der Waals surface area contributed by atoms with Gasteiger partial charge in [-0.25, -0.2) is 4.79 Å². The third-order valence-electron chi connectivity index (χ3n) is 7.20. The Bertz CT molecular complexity index is 780. The van der Waals surface area contributed by atoms with Crippen molar-refractivity contribution in [3.05, 3.63) is 23.3 Å². The van der Waals surface area contributed by atoms with E-state index in [0.29, 0.717) is 24.3 Å². The van der Waals surface area contributed by atoms with Gasteiger partial charge in [0.25, 0.3) is 0 Å². The fraction of sp³-hybridized carbons (Fsp3) is 0.667. The molecule has 1 saturated carbocycles. The Morgan fingerprint density at radius 3 is 3.07 bits per heavy atom. The molecule has 1 aromatic rings. The van der Waals surface area contributed by atoms with Gasteiger partial charge >= 0.3 is 5.97 Å². The number of ether oxygens (including phenoxy) is 3. The molecule has 6 nitrogen and oxygen atoms in total. The Morgan fingerprint density at radius 2 is 2.26 bits per heavy atom. The average Bonchev–Trinajstić information content (AvgIpc) is 3.01. The summed E-state index contributed by atoms with van der Waals surface area (Å²) in [6.07, 6.45) is 3.14. The third kappa shape index (κ3) is 2.29. The topological polar surface area (TPSA) is 68.2 Å². The Balaban J connectivity index is 1.57. The molecule has 1 spiro atoms. The number of carbonyl (C=O) groups excluding carboxylic acids is 1. The number of piperidine rings is 1. The van der Waals surface area contributed by atoms with Gasteiger partial charge in [0, 0.05) is 17.0 Å². The number of esters is 1. The number of hydrogen-bond donors (Lipinski definition) is 1. The van der Waals surface area contributed by atoms with Crippen molar-refractivity contribution in [1.29, 1.82) is 0 Å². The summed E-state index contributed by atoms with van der Waals surface area (Å²) in [6, 6.07) is 4.53. The summed E-state index contributed by atoms with van der Waals surface area (Å²) in [5.74, 6) is 1.46. The van der Waals surface area contributed by atoms with Crippen molar-refractivity contribution in [2.45, 2.75) is 56.3 Å². The van der Waals surface area contributed by atoms with Crippen LogP contribution in [0.4, 0.5) is 0 Å². The van der Waals surface area contributed by atoms with Gasteiger partial charge in [-0.05, 0) is 63.7 Å². The number of rotatable bonds is 4. The van der Waals surface area contributed by atoms with Gasteiger partial charge in [0.05, 0.1) is 12.7 Å². The first kappa shape index (κ1) is 17.3. The smallest absolute Gasteiger partial charge is 0.344 e. The first-order chi connectivity index (χ1) is 13.1. The van der Waals surface area contributed by atoms with E-state index in [2.05, 4.69) is 18.0 Å². The summed E-state index contributed by atoms with van der Waals surface area (Å²) < 4.78 is 17.2. The molecule has 0 radical (unpaired) electrons. The maximum absolute atomic E-state index is 11.7. The van der Waals surface area contributed by atoms with Crippen LogP contribution < -0.4 is 9.47 Å². The molecule has 2 fully saturated rings. The second-order valence-corrected chi connectivity index (χ2v) is 8.35. The van der Waals surface area contributed by atoms with Crippen LogP contribution in [0.25, 0.3) is 0 Å². The van der Waals surface area contributed by atoms with Crippen LogP contribution in [0.1, 0.15) is 37.3 Å². The van der Waals surface area contributed by atoms with Gasteiger partial charge in [0.2, 0.25) is 0 Å². The predicted molar refractivity (Wildman–Crippen MR) is 98.1 cm³/mol. The van der Waals surface area contributed by atoms with Crippen LogP contribution in [0.3, 0.4) is 0 Å². The molecule has 0 unspecified atom stereocenters. The fourth-order valence-electron chi connectivity index (χ4n) is 6.15. The van der Waals surface area contributed by atoms with E-state index in [0.717, 1.165) is 38.0 Å². The highest BCUT2D eigenvalue weighted by Gasteiger charge is 2.65. The Morgan fingerprint density at radius 1 is 1.41 bits per heavy atom. The molecule has 6 heteroatoms. The Kier molecular flexibility index (Phi) is 3.92. The van der Waals surface area contributed by atoms with Crippen molar-refractivity contribution in [2.24, 2.45) is 5.92 Å². The van der Waals surface area contributed by atoms with E-state index in [4.69, 9.17) is 14.2 Å². The number of nitrogens with zero attached hydrogens (tertiary/aromatic N) is 1. The monoisotopic (exact) mass is 373 g/mol. The SMILES string of the molecule is CCOC(=O)COc1ccc2c3c1O[C@H]1[C@@H](O)CC[C@H]4[C@@H](C2)N(C)CC[C@@]341. The first-order valence-corrected chi connectivity index (χ1v) is 10.1. The molecular weight excluding hydrogens is 346 g/mol. The van der Waals surface area contributed by atoms with Gasteiger partial charge in [-0.3, -0.25) is 0 Å². The molecule has 1 N–H and O–H groups in total.